The van der Waals surface area contributed by atoms with Crippen molar-refractivity contribution in [3.63, 3.8) is 0 Å². The molecule has 0 radical (unpaired) electrons. The van der Waals surface area contributed by atoms with E-state index < -0.39 is 25.6 Å². The summed E-state index contributed by atoms with van der Waals surface area (Å²) >= 11 is 2.93. The van der Waals surface area contributed by atoms with Crippen molar-refractivity contribution in [2.24, 2.45) is 0 Å². The van der Waals surface area contributed by atoms with Crippen LogP contribution in [-0.4, -0.2) is 8.42 Å². The monoisotopic (exact) mass is 304 g/mol. The molecule has 0 atom stereocenters. The summed E-state index contributed by atoms with van der Waals surface area (Å²) in [4.78, 5) is -0.846. The van der Waals surface area contributed by atoms with Crippen molar-refractivity contribution in [2.75, 3.05) is 0 Å². The Hall–Kier alpha value is -0.200. The van der Waals surface area contributed by atoms with Crippen LogP contribution in [0.15, 0.2) is 17.0 Å². The molecular weight excluding hydrogens is 301 g/mol. The van der Waals surface area contributed by atoms with Gasteiger partial charge in [0.25, 0.3) is 9.05 Å². The largest absolute Gasteiger partial charge is 0.264 e. The first-order valence-electron chi connectivity index (χ1n) is 3.35. The van der Waals surface area contributed by atoms with Crippen molar-refractivity contribution >= 4 is 35.7 Å². The van der Waals surface area contributed by atoms with Crippen LogP contribution in [-0.2, 0) is 14.4 Å². The molecule has 0 aliphatic heterocycles. The molecule has 0 saturated heterocycles. The maximum absolute atomic E-state index is 13.1. The van der Waals surface area contributed by atoms with Gasteiger partial charge in [0, 0.05) is 21.6 Å². The molecule has 14 heavy (non-hydrogen) atoms. The Balaban J connectivity index is 3.47. The average Bonchev–Trinajstić information content (AvgIpc) is 2.07. The van der Waals surface area contributed by atoms with E-state index in [1.807, 2.05) is 0 Å². The van der Waals surface area contributed by atoms with Gasteiger partial charge in [-0.15, -0.1) is 0 Å². The molecule has 0 N–H and O–H groups in total. The van der Waals surface area contributed by atoms with E-state index in [4.69, 9.17) is 10.7 Å². The van der Waals surface area contributed by atoms with Gasteiger partial charge in [-0.1, -0.05) is 22.0 Å². The Bertz CT molecular complexity index is 461. The SMILES string of the molecule is O=S(=O)(Cl)c1ccc(CBr)c(F)c1F. The topological polar surface area (TPSA) is 34.1 Å². The van der Waals surface area contributed by atoms with Gasteiger partial charge >= 0.3 is 0 Å². The van der Waals surface area contributed by atoms with Crippen LogP contribution in [0.5, 0.6) is 0 Å². The van der Waals surface area contributed by atoms with Crippen LogP contribution in [0.2, 0.25) is 0 Å². The first-order valence-corrected chi connectivity index (χ1v) is 6.78. The lowest BCUT2D eigenvalue weighted by molar-refractivity contribution is 0.481. The Morgan fingerprint density at radius 2 is 1.86 bits per heavy atom. The van der Waals surface area contributed by atoms with Gasteiger partial charge in [-0.3, -0.25) is 0 Å². The molecule has 0 fully saturated rings. The summed E-state index contributed by atoms with van der Waals surface area (Å²) in [5, 5.41) is 0.0956. The van der Waals surface area contributed by atoms with E-state index in [1.165, 1.54) is 0 Å². The maximum atomic E-state index is 13.1. The number of halogens is 4. The Morgan fingerprint density at radius 1 is 1.29 bits per heavy atom. The lowest BCUT2D eigenvalue weighted by atomic mass is 10.2. The third-order valence-electron chi connectivity index (χ3n) is 1.53. The molecule has 2 nitrogen and oxygen atoms in total. The minimum atomic E-state index is -4.24. The fraction of sp³-hybridized carbons (Fsp3) is 0.143. The molecule has 1 rings (SSSR count). The van der Waals surface area contributed by atoms with Crippen molar-refractivity contribution in [1.82, 2.24) is 0 Å². The first-order chi connectivity index (χ1) is 6.38. The van der Waals surface area contributed by atoms with Crippen molar-refractivity contribution in [3.8, 4) is 0 Å². The molecule has 0 spiro atoms. The maximum Gasteiger partial charge on any atom is 0.264 e. The second kappa shape index (κ2) is 4.12. The summed E-state index contributed by atoms with van der Waals surface area (Å²) in [6.45, 7) is 0. The van der Waals surface area contributed by atoms with Crippen LogP contribution in [0, 0.1) is 11.6 Å². The number of alkyl halides is 1. The summed E-state index contributed by atoms with van der Waals surface area (Å²) < 4.78 is 47.7. The second-order valence-corrected chi connectivity index (χ2v) is 5.52. The molecule has 1 aromatic carbocycles. The average molecular weight is 306 g/mol. The van der Waals surface area contributed by atoms with Crippen LogP contribution in [0.25, 0.3) is 0 Å². The second-order valence-electron chi connectivity index (χ2n) is 2.42. The highest BCUT2D eigenvalue weighted by atomic mass is 79.9. The molecular formula is C7H4BrClF2O2S. The number of hydrogen-bond acceptors (Lipinski definition) is 2. The van der Waals surface area contributed by atoms with E-state index in [2.05, 4.69) is 15.9 Å². The number of rotatable bonds is 2. The normalized spacial score (nSPS) is 11.7. The summed E-state index contributed by atoms with van der Waals surface area (Å²) in [6, 6.07) is 2.08. The van der Waals surface area contributed by atoms with Gasteiger partial charge in [0.05, 0.1) is 0 Å². The van der Waals surface area contributed by atoms with E-state index >= 15 is 0 Å². The molecule has 7 heteroatoms. The summed E-state index contributed by atoms with van der Waals surface area (Å²) in [7, 11) is 0.646. The van der Waals surface area contributed by atoms with E-state index in [0.29, 0.717) is 0 Å². The van der Waals surface area contributed by atoms with E-state index in [9.17, 15) is 17.2 Å². The zero-order valence-corrected chi connectivity index (χ0v) is 9.76. The molecule has 0 heterocycles. The molecule has 78 valence electrons. The van der Waals surface area contributed by atoms with E-state index in [1.54, 1.807) is 0 Å². The summed E-state index contributed by atoms with van der Waals surface area (Å²) in [5.41, 5.74) is 0.0339. The minimum absolute atomic E-state index is 0.0339. The lowest BCUT2D eigenvalue weighted by Gasteiger charge is -2.03. The quantitative estimate of drug-likeness (QED) is 0.622. The van der Waals surface area contributed by atoms with Gasteiger partial charge in [0.15, 0.2) is 11.6 Å². The highest BCUT2D eigenvalue weighted by Gasteiger charge is 2.21. The third-order valence-corrected chi connectivity index (χ3v) is 3.48. The summed E-state index contributed by atoms with van der Waals surface area (Å²) in [5.74, 6) is -2.65. The van der Waals surface area contributed by atoms with Gasteiger partial charge in [-0.2, -0.15) is 0 Å². The first kappa shape index (κ1) is 11.9. The van der Waals surface area contributed by atoms with Crippen LogP contribution in [0.4, 0.5) is 8.78 Å². The van der Waals surface area contributed by atoms with Gasteiger partial charge in [-0.25, -0.2) is 17.2 Å². The van der Waals surface area contributed by atoms with Gasteiger partial charge in [-0.05, 0) is 6.07 Å². The predicted molar refractivity (Wildman–Crippen MR) is 52.0 cm³/mol. The molecule has 0 aliphatic carbocycles. The van der Waals surface area contributed by atoms with Crippen LogP contribution < -0.4 is 0 Å². The molecule has 0 amide bonds. The van der Waals surface area contributed by atoms with E-state index in [0.717, 1.165) is 12.1 Å². The Morgan fingerprint density at radius 3 is 2.29 bits per heavy atom. The lowest BCUT2D eigenvalue weighted by Crippen LogP contribution is -2.01. The highest BCUT2D eigenvalue weighted by Crippen LogP contribution is 2.24. The van der Waals surface area contributed by atoms with Crippen molar-refractivity contribution in [3.05, 3.63) is 29.3 Å². The number of benzene rings is 1. The standard InChI is InChI=1S/C7H4BrClF2O2S/c8-3-4-1-2-5(14(9,12)13)7(11)6(4)10/h1-2H,3H2. The molecule has 0 saturated carbocycles. The minimum Gasteiger partial charge on any atom is -0.207 e. The fourth-order valence-electron chi connectivity index (χ4n) is 0.863. The van der Waals surface area contributed by atoms with Crippen molar-refractivity contribution < 1.29 is 17.2 Å². The Kier molecular flexibility index (Phi) is 3.49. The smallest absolute Gasteiger partial charge is 0.207 e. The summed E-state index contributed by atoms with van der Waals surface area (Å²) in [6.07, 6.45) is 0. The zero-order valence-electron chi connectivity index (χ0n) is 6.60. The fourth-order valence-corrected chi connectivity index (χ4v) is 2.19. The molecule has 0 aliphatic rings. The van der Waals surface area contributed by atoms with Crippen molar-refractivity contribution in [2.45, 2.75) is 10.2 Å². The van der Waals surface area contributed by atoms with Crippen LogP contribution in [0.3, 0.4) is 0 Å². The predicted octanol–water partition coefficient (Wildman–Crippen LogP) is 2.79. The molecule has 0 bridgehead atoms. The molecule has 0 aromatic heterocycles. The third kappa shape index (κ3) is 2.24. The van der Waals surface area contributed by atoms with E-state index in [-0.39, 0.29) is 10.9 Å². The zero-order chi connectivity index (χ0) is 10.9. The Labute approximate surface area is 92.4 Å². The highest BCUT2D eigenvalue weighted by molar-refractivity contribution is 9.08. The van der Waals surface area contributed by atoms with Crippen molar-refractivity contribution in [1.29, 1.82) is 0 Å². The van der Waals surface area contributed by atoms with Crippen LogP contribution >= 0.6 is 26.6 Å². The van der Waals surface area contributed by atoms with Gasteiger partial charge in [0.1, 0.15) is 4.90 Å². The van der Waals surface area contributed by atoms with Crippen LogP contribution in [0.1, 0.15) is 5.56 Å². The molecule has 1 aromatic rings. The van der Waals surface area contributed by atoms with Gasteiger partial charge < -0.3 is 0 Å². The number of hydrogen-bond donors (Lipinski definition) is 0. The van der Waals surface area contributed by atoms with Gasteiger partial charge in [0.2, 0.25) is 0 Å². The molecule has 0 unspecified atom stereocenters.